The Morgan fingerprint density at radius 3 is 2.89 bits per heavy atom. The van der Waals surface area contributed by atoms with Crippen LogP contribution in [0.3, 0.4) is 0 Å². The number of benzene rings is 1. The first-order valence-corrected chi connectivity index (χ1v) is 11.0. The topological polar surface area (TPSA) is 122 Å². The van der Waals surface area contributed by atoms with E-state index in [1.165, 1.54) is 18.6 Å². The molecule has 10 nitrogen and oxygen atoms in total. The quantitative estimate of drug-likeness (QED) is 0.246. The van der Waals surface area contributed by atoms with Crippen molar-refractivity contribution in [1.82, 2.24) is 34.6 Å². The number of anilines is 2. The van der Waals surface area contributed by atoms with Crippen molar-refractivity contribution in [3.05, 3.63) is 66.3 Å². The van der Waals surface area contributed by atoms with E-state index in [9.17, 15) is 22.4 Å². The van der Waals surface area contributed by atoms with Crippen LogP contribution in [0.15, 0.2) is 49.2 Å². The van der Waals surface area contributed by atoms with Crippen molar-refractivity contribution < 1.29 is 27.1 Å². The highest BCUT2D eigenvalue weighted by Crippen LogP contribution is 2.35. The molecule has 0 bridgehead atoms. The molecule has 14 heteroatoms. The number of aromatic nitrogens is 6. The van der Waals surface area contributed by atoms with E-state index in [2.05, 4.69) is 35.6 Å². The zero-order valence-electron chi connectivity index (χ0n) is 18.7. The van der Waals surface area contributed by atoms with Crippen LogP contribution in [0.25, 0.3) is 27.9 Å². The minimum Gasteiger partial charge on any atom is -0.435 e. The first-order valence-electron chi connectivity index (χ1n) is 11.0. The van der Waals surface area contributed by atoms with Gasteiger partial charge in [0.25, 0.3) is 0 Å². The average molecular weight is 512 g/mol. The van der Waals surface area contributed by atoms with Gasteiger partial charge < -0.3 is 15.0 Å². The molecule has 0 fully saturated rings. The van der Waals surface area contributed by atoms with Gasteiger partial charge in [0.15, 0.2) is 17.7 Å². The van der Waals surface area contributed by atoms with Gasteiger partial charge in [-0.1, -0.05) is 0 Å². The molecule has 1 aliphatic rings. The van der Waals surface area contributed by atoms with Crippen LogP contribution in [0.2, 0.25) is 0 Å². The van der Waals surface area contributed by atoms with Crippen LogP contribution in [0.1, 0.15) is 17.5 Å². The molecule has 188 valence electrons. The fourth-order valence-corrected chi connectivity index (χ4v) is 4.30. The zero-order valence-corrected chi connectivity index (χ0v) is 18.7. The number of esters is 1. The normalized spacial score (nSPS) is 15.6. The molecule has 0 saturated heterocycles. The Bertz CT molecular complexity index is 1660. The van der Waals surface area contributed by atoms with Gasteiger partial charge in [0.05, 0.1) is 24.3 Å². The highest BCUT2D eigenvalue weighted by molar-refractivity contribution is 5.89. The predicted molar refractivity (Wildman–Crippen MR) is 122 cm³/mol. The molecule has 1 atom stereocenters. The number of hydrogen-bond donors (Lipinski definition) is 3. The predicted octanol–water partition coefficient (Wildman–Crippen LogP) is 3.80. The molecule has 4 aromatic heterocycles. The number of halogens is 4. The molecule has 0 saturated carbocycles. The summed E-state index contributed by atoms with van der Waals surface area (Å²) in [4.78, 5) is 31.1. The number of H-pyrrole nitrogens is 1. The first kappa shape index (κ1) is 22.8. The SMILES string of the molecule is O=C(OC1NCCc2[nH]c3ccc(Nc4ncc(F)c(-c5cnc6cnccn56)n4)cc3c21)C(F)(F)F. The van der Waals surface area contributed by atoms with Gasteiger partial charge in [-0.2, -0.15) is 13.2 Å². The average Bonchev–Trinajstić information content (AvgIpc) is 3.46. The van der Waals surface area contributed by atoms with E-state index < -0.39 is 24.2 Å². The summed E-state index contributed by atoms with van der Waals surface area (Å²) in [6.45, 7) is 0.326. The number of nitrogens with zero attached hydrogens (tertiary/aromatic N) is 5. The minimum absolute atomic E-state index is 0.0135. The molecule has 37 heavy (non-hydrogen) atoms. The largest absolute Gasteiger partial charge is 0.490 e. The number of aromatic amines is 1. The molecule has 1 aliphatic heterocycles. The second-order valence-corrected chi connectivity index (χ2v) is 8.23. The van der Waals surface area contributed by atoms with Crippen molar-refractivity contribution >= 4 is 34.2 Å². The van der Waals surface area contributed by atoms with Crippen LogP contribution in [0.5, 0.6) is 0 Å². The number of fused-ring (bicyclic) bond motifs is 4. The zero-order chi connectivity index (χ0) is 25.7. The third kappa shape index (κ3) is 4.10. The molecule has 1 aromatic carbocycles. The molecule has 3 N–H and O–H groups in total. The number of ether oxygens (including phenoxy) is 1. The summed E-state index contributed by atoms with van der Waals surface area (Å²) in [6.07, 6.45) is 1.31. The standard InChI is InChI=1S/C23H16F4N8O2/c24-13-8-31-22(34-19(13)16-9-30-17-10-28-5-6-35(16)17)32-11-1-2-14-12(7-11)18-15(33-14)3-4-29-20(18)37-21(36)23(25,26)27/h1-2,5-10,20,29,33H,3-4H2,(H,31,32,34). The molecule has 0 aliphatic carbocycles. The van der Waals surface area contributed by atoms with Gasteiger partial charge >= 0.3 is 12.1 Å². The maximum atomic E-state index is 14.6. The van der Waals surface area contributed by atoms with Crippen molar-refractivity contribution in [1.29, 1.82) is 0 Å². The Hall–Kier alpha value is -4.59. The molecule has 5 heterocycles. The van der Waals surface area contributed by atoms with Crippen LogP contribution in [0.4, 0.5) is 29.2 Å². The lowest BCUT2D eigenvalue weighted by atomic mass is 10.0. The number of hydrogen-bond acceptors (Lipinski definition) is 8. The van der Waals surface area contributed by atoms with Gasteiger partial charge in [-0.3, -0.25) is 14.7 Å². The number of rotatable bonds is 4. The van der Waals surface area contributed by atoms with Crippen LogP contribution < -0.4 is 10.6 Å². The van der Waals surface area contributed by atoms with E-state index in [-0.39, 0.29) is 11.6 Å². The summed E-state index contributed by atoms with van der Waals surface area (Å²) >= 11 is 0. The highest BCUT2D eigenvalue weighted by Gasteiger charge is 2.43. The number of imidazole rings is 1. The van der Waals surface area contributed by atoms with Crippen molar-refractivity contribution in [2.75, 3.05) is 11.9 Å². The van der Waals surface area contributed by atoms with Crippen molar-refractivity contribution in [2.24, 2.45) is 0 Å². The summed E-state index contributed by atoms with van der Waals surface area (Å²) in [7, 11) is 0. The van der Waals surface area contributed by atoms with Crippen LogP contribution >= 0.6 is 0 Å². The van der Waals surface area contributed by atoms with Crippen molar-refractivity contribution in [3.8, 4) is 11.4 Å². The number of carbonyl (C=O) groups is 1. The minimum atomic E-state index is -5.12. The van der Waals surface area contributed by atoms with Crippen LogP contribution in [-0.2, 0) is 16.0 Å². The first-order chi connectivity index (χ1) is 17.8. The smallest absolute Gasteiger partial charge is 0.435 e. The summed E-state index contributed by atoms with van der Waals surface area (Å²) in [6, 6.07) is 5.10. The van der Waals surface area contributed by atoms with Crippen LogP contribution in [-0.4, -0.2) is 48.0 Å². The summed E-state index contributed by atoms with van der Waals surface area (Å²) in [5.41, 5.74) is 3.13. The molecule has 0 spiro atoms. The van der Waals surface area contributed by atoms with Gasteiger partial charge in [0.1, 0.15) is 5.69 Å². The van der Waals surface area contributed by atoms with Crippen molar-refractivity contribution in [3.63, 3.8) is 0 Å². The second kappa shape index (κ2) is 8.51. The third-order valence-corrected chi connectivity index (χ3v) is 5.90. The lowest BCUT2D eigenvalue weighted by molar-refractivity contribution is -0.207. The highest BCUT2D eigenvalue weighted by atomic mass is 19.4. The van der Waals surface area contributed by atoms with E-state index in [0.29, 0.717) is 52.2 Å². The lowest BCUT2D eigenvalue weighted by Crippen LogP contribution is -2.36. The van der Waals surface area contributed by atoms with Gasteiger partial charge in [-0.05, 0) is 18.2 Å². The Morgan fingerprint density at radius 2 is 2.05 bits per heavy atom. The maximum absolute atomic E-state index is 14.6. The maximum Gasteiger partial charge on any atom is 0.490 e. The lowest BCUT2D eigenvalue weighted by Gasteiger charge is -2.25. The second-order valence-electron chi connectivity index (χ2n) is 8.23. The molecule has 5 aromatic rings. The summed E-state index contributed by atoms with van der Waals surface area (Å²) in [5, 5.41) is 6.35. The summed E-state index contributed by atoms with van der Waals surface area (Å²) < 4.78 is 59.4. The Labute approximate surface area is 204 Å². The Kier molecular flexibility index (Phi) is 5.26. The van der Waals surface area contributed by atoms with Gasteiger partial charge in [0.2, 0.25) is 5.95 Å². The number of carbonyl (C=O) groups excluding carboxylic acids is 1. The Morgan fingerprint density at radius 1 is 1.19 bits per heavy atom. The molecule has 1 unspecified atom stereocenters. The van der Waals surface area contributed by atoms with E-state index in [1.54, 1.807) is 28.8 Å². The van der Waals surface area contributed by atoms with E-state index >= 15 is 0 Å². The Balaban J connectivity index is 1.34. The molecular formula is C23H16F4N8O2. The van der Waals surface area contributed by atoms with Crippen LogP contribution in [0, 0.1) is 5.82 Å². The molecule has 0 radical (unpaired) electrons. The van der Waals surface area contributed by atoms with E-state index in [1.807, 2.05) is 0 Å². The molecular weight excluding hydrogens is 496 g/mol. The van der Waals surface area contributed by atoms with E-state index in [0.717, 1.165) is 6.20 Å². The molecule has 0 amide bonds. The monoisotopic (exact) mass is 512 g/mol. The van der Waals surface area contributed by atoms with Crippen molar-refractivity contribution in [2.45, 2.75) is 18.8 Å². The fraction of sp³-hybridized carbons (Fsp3) is 0.174. The fourth-order valence-electron chi connectivity index (χ4n) is 4.30. The summed E-state index contributed by atoms with van der Waals surface area (Å²) in [5.74, 6) is -2.85. The van der Waals surface area contributed by atoms with Gasteiger partial charge in [-0.15, -0.1) is 0 Å². The molecule has 6 rings (SSSR count). The number of alkyl halides is 3. The number of nitrogens with one attached hydrogen (secondary N) is 3. The third-order valence-electron chi connectivity index (χ3n) is 5.90. The van der Waals surface area contributed by atoms with Gasteiger partial charge in [-0.25, -0.2) is 24.1 Å². The van der Waals surface area contributed by atoms with Gasteiger partial charge in [0, 0.05) is 53.2 Å². The van der Waals surface area contributed by atoms with E-state index in [4.69, 9.17) is 4.74 Å².